The van der Waals surface area contributed by atoms with Gasteiger partial charge in [0.05, 0.1) is 6.61 Å². The molecule has 2 N–H and O–H groups in total. The van der Waals surface area contributed by atoms with Gasteiger partial charge in [0.15, 0.2) is 0 Å². The Bertz CT molecular complexity index is 386. The van der Waals surface area contributed by atoms with Crippen molar-refractivity contribution in [3.05, 3.63) is 34.4 Å². The molecule has 0 bridgehead atoms. The molecule has 1 aromatic rings. The Morgan fingerprint density at radius 1 is 1.25 bits per heavy atom. The molecular formula is C13H19NO2. The first kappa shape index (κ1) is 12.7. The molecule has 0 spiro atoms. The second-order valence-electron chi connectivity index (χ2n) is 4.04. The average Bonchev–Trinajstić information content (AvgIpc) is 2.25. The first-order valence-corrected chi connectivity index (χ1v) is 5.49. The van der Waals surface area contributed by atoms with Gasteiger partial charge < -0.3 is 10.4 Å². The van der Waals surface area contributed by atoms with E-state index in [0.29, 0.717) is 6.54 Å². The van der Waals surface area contributed by atoms with Gasteiger partial charge in [-0.1, -0.05) is 12.1 Å². The number of rotatable bonds is 4. The van der Waals surface area contributed by atoms with Gasteiger partial charge in [-0.05, 0) is 43.0 Å². The van der Waals surface area contributed by atoms with Crippen molar-refractivity contribution in [3.63, 3.8) is 0 Å². The lowest BCUT2D eigenvalue weighted by molar-refractivity contribution is -0.121. The zero-order valence-electron chi connectivity index (χ0n) is 10.1. The minimum absolute atomic E-state index is 0.0995. The summed E-state index contributed by atoms with van der Waals surface area (Å²) in [6.45, 7) is 6.67. The number of amides is 1. The molecule has 0 saturated carbocycles. The van der Waals surface area contributed by atoms with Gasteiger partial charge in [-0.2, -0.15) is 0 Å². The number of aliphatic hydroxyl groups excluding tert-OH is 1. The first-order valence-electron chi connectivity index (χ1n) is 5.49. The van der Waals surface area contributed by atoms with Gasteiger partial charge >= 0.3 is 0 Å². The summed E-state index contributed by atoms with van der Waals surface area (Å²) in [6.07, 6.45) is 0.171. The smallest absolute Gasteiger partial charge is 0.222 e. The van der Waals surface area contributed by atoms with E-state index < -0.39 is 0 Å². The lowest BCUT2D eigenvalue weighted by atomic mass is 9.99. The lowest BCUT2D eigenvalue weighted by Gasteiger charge is -2.11. The molecule has 3 nitrogen and oxygen atoms in total. The number of carbonyl (C=O) groups is 1. The Hall–Kier alpha value is -1.35. The fraction of sp³-hybridized carbons (Fsp3) is 0.462. The molecule has 0 atom stereocenters. The van der Waals surface area contributed by atoms with Crippen LogP contribution in [0.1, 0.15) is 28.7 Å². The zero-order valence-corrected chi connectivity index (χ0v) is 10.1. The standard InChI is InChI=1S/C13H19NO2/c1-9-4-5-12(11(3)10(9)2)8-14-13(16)6-7-15/h4-5,15H,6-8H2,1-3H3,(H,14,16). The maximum absolute atomic E-state index is 11.2. The highest BCUT2D eigenvalue weighted by molar-refractivity contribution is 5.75. The van der Waals surface area contributed by atoms with Gasteiger partial charge in [0, 0.05) is 13.0 Å². The Morgan fingerprint density at radius 2 is 1.94 bits per heavy atom. The Balaban J connectivity index is 2.68. The molecule has 16 heavy (non-hydrogen) atoms. The fourth-order valence-corrected chi connectivity index (χ4v) is 1.59. The van der Waals surface area contributed by atoms with E-state index in [9.17, 15) is 4.79 Å². The van der Waals surface area contributed by atoms with Gasteiger partial charge in [-0.3, -0.25) is 4.79 Å². The number of aryl methyl sites for hydroxylation is 1. The van der Waals surface area contributed by atoms with E-state index in [4.69, 9.17) is 5.11 Å². The summed E-state index contributed by atoms with van der Waals surface area (Å²) >= 11 is 0. The van der Waals surface area contributed by atoms with Crippen LogP contribution in [0.25, 0.3) is 0 Å². The van der Waals surface area contributed by atoms with E-state index in [1.807, 2.05) is 6.07 Å². The maximum Gasteiger partial charge on any atom is 0.222 e. The van der Waals surface area contributed by atoms with Gasteiger partial charge in [-0.15, -0.1) is 0 Å². The second kappa shape index (κ2) is 5.66. The summed E-state index contributed by atoms with van der Waals surface area (Å²) in [6, 6.07) is 4.10. The number of aliphatic hydroxyl groups is 1. The molecule has 1 amide bonds. The van der Waals surface area contributed by atoms with Crippen molar-refractivity contribution < 1.29 is 9.90 Å². The normalized spacial score (nSPS) is 10.2. The minimum Gasteiger partial charge on any atom is -0.396 e. The van der Waals surface area contributed by atoms with Crippen molar-refractivity contribution in [2.45, 2.75) is 33.7 Å². The third-order valence-electron chi connectivity index (χ3n) is 2.99. The van der Waals surface area contributed by atoms with Gasteiger partial charge in [0.2, 0.25) is 5.91 Å². The predicted octanol–water partition coefficient (Wildman–Crippen LogP) is 1.61. The number of hydrogen-bond acceptors (Lipinski definition) is 2. The molecule has 0 heterocycles. The van der Waals surface area contributed by atoms with Crippen molar-refractivity contribution in [2.75, 3.05) is 6.61 Å². The molecule has 0 fully saturated rings. The van der Waals surface area contributed by atoms with Gasteiger partial charge in [-0.25, -0.2) is 0 Å². The summed E-state index contributed by atoms with van der Waals surface area (Å²) in [5, 5.41) is 11.4. The average molecular weight is 221 g/mol. The van der Waals surface area contributed by atoms with Crippen LogP contribution in [0.5, 0.6) is 0 Å². The van der Waals surface area contributed by atoms with E-state index >= 15 is 0 Å². The Labute approximate surface area is 96.5 Å². The number of hydrogen-bond donors (Lipinski definition) is 2. The Kier molecular flexibility index (Phi) is 4.50. The van der Waals surface area contributed by atoms with Crippen LogP contribution >= 0.6 is 0 Å². The minimum atomic E-state index is -0.111. The van der Waals surface area contributed by atoms with Crippen molar-refractivity contribution in [3.8, 4) is 0 Å². The molecule has 0 aromatic heterocycles. The van der Waals surface area contributed by atoms with E-state index in [0.717, 1.165) is 5.56 Å². The van der Waals surface area contributed by atoms with Crippen molar-refractivity contribution in [1.29, 1.82) is 0 Å². The molecule has 0 aliphatic carbocycles. The molecule has 0 unspecified atom stereocenters. The van der Waals surface area contributed by atoms with Crippen LogP contribution in [-0.4, -0.2) is 17.6 Å². The van der Waals surface area contributed by atoms with E-state index in [1.54, 1.807) is 0 Å². The van der Waals surface area contributed by atoms with Crippen LogP contribution in [-0.2, 0) is 11.3 Å². The van der Waals surface area contributed by atoms with Crippen LogP contribution in [0.2, 0.25) is 0 Å². The highest BCUT2D eigenvalue weighted by Crippen LogP contribution is 2.16. The molecular weight excluding hydrogens is 202 g/mol. The molecule has 1 aromatic carbocycles. The second-order valence-corrected chi connectivity index (χ2v) is 4.04. The van der Waals surface area contributed by atoms with Crippen molar-refractivity contribution >= 4 is 5.91 Å². The largest absolute Gasteiger partial charge is 0.396 e. The number of benzene rings is 1. The number of nitrogens with one attached hydrogen (secondary N) is 1. The molecule has 88 valence electrons. The van der Waals surface area contributed by atoms with Gasteiger partial charge in [0.25, 0.3) is 0 Å². The Morgan fingerprint density at radius 3 is 2.56 bits per heavy atom. The highest BCUT2D eigenvalue weighted by atomic mass is 16.3. The van der Waals surface area contributed by atoms with E-state index in [2.05, 4.69) is 32.2 Å². The summed E-state index contributed by atoms with van der Waals surface area (Å²) in [5.74, 6) is -0.111. The molecule has 1 rings (SSSR count). The first-order chi connectivity index (χ1) is 7.56. The van der Waals surface area contributed by atoms with Gasteiger partial charge in [0.1, 0.15) is 0 Å². The SMILES string of the molecule is Cc1ccc(CNC(=O)CCO)c(C)c1C. The summed E-state index contributed by atoms with van der Waals surface area (Å²) < 4.78 is 0. The molecule has 0 aliphatic heterocycles. The van der Waals surface area contributed by atoms with Crippen LogP contribution in [0.15, 0.2) is 12.1 Å². The quantitative estimate of drug-likeness (QED) is 0.811. The van der Waals surface area contributed by atoms with Crippen molar-refractivity contribution in [2.24, 2.45) is 0 Å². The summed E-state index contributed by atoms with van der Waals surface area (Å²) in [5.41, 5.74) is 4.90. The topological polar surface area (TPSA) is 49.3 Å². The molecule has 0 saturated heterocycles. The van der Waals surface area contributed by atoms with E-state index in [1.165, 1.54) is 16.7 Å². The molecule has 3 heteroatoms. The third-order valence-corrected chi connectivity index (χ3v) is 2.99. The molecule has 0 radical (unpaired) electrons. The summed E-state index contributed by atoms with van der Waals surface area (Å²) in [7, 11) is 0. The summed E-state index contributed by atoms with van der Waals surface area (Å²) in [4.78, 5) is 11.2. The molecule has 0 aliphatic rings. The third kappa shape index (κ3) is 3.07. The zero-order chi connectivity index (χ0) is 12.1. The van der Waals surface area contributed by atoms with Crippen LogP contribution in [0.4, 0.5) is 0 Å². The lowest BCUT2D eigenvalue weighted by Crippen LogP contribution is -2.23. The van der Waals surface area contributed by atoms with E-state index in [-0.39, 0.29) is 18.9 Å². The predicted molar refractivity (Wildman–Crippen MR) is 64.2 cm³/mol. The van der Waals surface area contributed by atoms with Crippen LogP contribution < -0.4 is 5.32 Å². The highest BCUT2D eigenvalue weighted by Gasteiger charge is 2.05. The monoisotopic (exact) mass is 221 g/mol. The van der Waals surface area contributed by atoms with Crippen molar-refractivity contribution in [1.82, 2.24) is 5.32 Å². The maximum atomic E-state index is 11.2. The van der Waals surface area contributed by atoms with Crippen LogP contribution in [0, 0.1) is 20.8 Å². The van der Waals surface area contributed by atoms with Crippen LogP contribution in [0.3, 0.4) is 0 Å². The fourth-order valence-electron chi connectivity index (χ4n) is 1.59. The number of carbonyl (C=O) groups excluding carboxylic acids is 1.